The average Bonchev–Trinajstić information content (AvgIpc) is 4.13. The minimum atomic E-state index is -0.429. The molecule has 2 fully saturated rings. The molecular weight excluding hydrogens is 773 g/mol. The van der Waals surface area contributed by atoms with Gasteiger partial charge in [-0.05, 0) is 66.7 Å². The van der Waals surface area contributed by atoms with Gasteiger partial charge in [0.1, 0.15) is 30.3 Å². The molecule has 0 bridgehead atoms. The number of imidazole rings is 2. The van der Waals surface area contributed by atoms with Crippen LogP contribution in [0.4, 0.5) is 4.79 Å². The number of thioether (sulfide) groups is 1. The standard InChI is InChI=1S/C47H50N8O4S/c1-48-41(56)24-25-42-55(47(58)59-29-31-11-6-4-7-12-31)40(30-60-42)45-50-28-38(52-45)35-22-18-33(19-23-35)32-16-20-34(21-17-32)37-27-49-44(51-37)39-15-10-26-54(39)46(57)43(53(2)3)36-13-8-5-9-14-36/h4-9,11-14,16-23,27-28,39-40,42-43H,10,15,24-26,29-30H2,1-3H3,(H,48,56)(H,49,51)(H,50,52)/t39-,40-,42?,43+/m0/s1. The van der Waals surface area contributed by atoms with Crippen molar-refractivity contribution in [2.75, 3.05) is 33.4 Å². The molecule has 8 rings (SSSR count). The van der Waals surface area contributed by atoms with Crippen molar-refractivity contribution < 1.29 is 19.1 Å². The van der Waals surface area contributed by atoms with Crippen molar-refractivity contribution >= 4 is 29.7 Å². The van der Waals surface area contributed by atoms with Crippen molar-refractivity contribution in [3.8, 4) is 33.6 Å². The van der Waals surface area contributed by atoms with E-state index in [9.17, 15) is 14.4 Å². The third-order valence-corrected chi connectivity index (χ3v) is 12.7. The minimum absolute atomic E-state index is 0.0670. The van der Waals surface area contributed by atoms with Crippen LogP contribution in [0.2, 0.25) is 0 Å². The summed E-state index contributed by atoms with van der Waals surface area (Å²) in [6.07, 6.45) is 5.85. The van der Waals surface area contributed by atoms with E-state index in [2.05, 4.69) is 63.8 Å². The first-order chi connectivity index (χ1) is 29.3. The van der Waals surface area contributed by atoms with Gasteiger partial charge in [0.25, 0.3) is 0 Å². The maximum absolute atomic E-state index is 13.9. The maximum Gasteiger partial charge on any atom is 0.411 e. The van der Waals surface area contributed by atoms with E-state index in [4.69, 9.17) is 14.7 Å². The Morgan fingerprint density at radius 3 is 1.95 bits per heavy atom. The van der Waals surface area contributed by atoms with Gasteiger partial charge in [-0.2, -0.15) is 0 Å². The number of likely N-dealkylation sites (tertiary alicyclic amines) is 1. The number of hydrogen-bond donors (Lipinski definition) is 3. The lowest BCUT2D eigenvalue weighted by Crippen LogP contribution is -2.40. The molecule has 2 aromatic heterocycles. The van der Waals surface area contributed by atoms with Gasteiger partial charge in [0.15, 0.2) is 0 Å². The molecule has 1 unspecified atom stereocenters. The van der Waals surface area contributed by atoms with Crippen molar-refractivity contribution in [2.24, 2.45) is 0 Å². The molecule has 4 heterocycles. The Kier molecular flexibility index (Phi) is 12.4. The third kappa shape index (κ3) is 8.87. The monoisotopic (exact) mass is 822 g/mol. The number of carbonyl (C=O) groups excluding carboxylic acids is 3. The highest BCUT2D eigenvalue weighted by molar-refractivity contribution is 8.00. The predicted octanol–water partition coefficient (Wildman–Crippen LogP) is 8.38. The molecule has 3 amide bonds. The van der Waals surface area contributed by atoms with Crippen LogP contribution in [0.15, 0.2) is 122 Å². The number of carbonyl (C=O) groups is 3. The summed E-state index contributed by atoms with van der Waals surface area (Å²) in [5.74, 6) is 2.14. The fourth-order valence-electron chi connectivity index (χ4n) is 8.17. The number of nitrogens with zero attached hydrogens (tertiary/aromatic N) is 5. The SMILES string of the molecule is CNC(=O)CCC1SC[C@@H](c2ncc(-c3ccc(-c4ccc(-c5cnc([C@@H]6CCCN6C(=O)[C@@H](c6ccccc6)N(C)C)[nH]5)cc4)cc3)[nH]2)N1C(=O)OCc1ccccc1. The number of amides is 3. The van der Waals surface area contributed by atoms with Crippen LogP contribution in [0, 0.1) is 0 Å². The highest BCUT2D eigenvalue weighted by Gasteiger charge is 2.41. The van der Waals surface area contributed by atoms with Crippen LogP contribution < -0.4 is 5.32 Å². The van der Waals surface area contributed by atoms with E-state index in [0.717, 1.165) is 63.4 Å². The third-order valence-electron chi connectivity index (χ3n) is 11.4. The van der Waals surface area contributed by atoms with Crippen molar-refractivity contribution in [2.45, 2.75) is 55.8 Å². The number of rotatable bonds is 13. The van der Waals surface area contributed by atoms with Gasteiger partial charge in [0.2, 0.25) is 11.8 Å². The summed E-state index contributed by atoms with van der Waals surface area (Å²) in [5, 5.41) is 2.45. The fourth-order valence-corrected chi connectivity index (χ4v) is 9.57. The number of ether oxygens (including phenoxy) is 1. The zero-order valence-corrected chi connectivity index (χ0v) is 34.9. The number of H-pyrrole nitrogens is 2. The molecule has 0 aliphatic carbocycles. The van der Waals surface area contributed by atoms with Gasteiger partial charge < -0.3 is 24.9 Å². The molecule has 2 aliphatic rings. The van der Waals surface area contributed by atoms with Crippen LogP contribution in [0.5, 0.6) is 0 Å². The van der Waals surface area contributed by atoms with E-state index in [1.807, 2.05) is 90.8 Å². The zero-order chi connectivity index (χ0) is 41.6. The molecule has 0 spiro atoms. The Labute approximate surface area is 354 Å². The van der Waals surface area contributed by atoms with Crippen molar-refractivity contribution in [3.63, 3.8) is 0 Å². The second-order valence-corrected chi connectivity index (χ2v) is 16.7. The summed E-state index contributed by atoms with van der Waals surface area (Å²) < 4.78 is 5.78. The van der Waals surface area contributed by atoms with Crippen LogP contribution in [-0.2, 0) is 20.9 Å². The Hall–Kier alpha value is -6.18. The predicted molar refractivity (Wildman–Crippen MR) is 234 cm³/mol. The Morgan fingerprint density at radius 1 is 0.800 bits per heavy atom. The summed E-state index contributed by atoms with van der Waals surface area (Å²) in [7, 11) is 5.52. The lowest BCUT2D eigenvalue weighted by atomic mass is 10.0. The van der Waals surface area contributed by atoms with Crippen LogP contribution >= 0.6 is 11.8 Å². The van der Waals surface area contributed by atoms with Gasteiger partial charge >= 0.3 is 6.09 Å². The van der Waals surface area contributed by atoms with Gasteiger partial charge in [-0.1, -0.05) is 109 Å². The molecule has 13 heteroatoms. The van der Waals surface area contributed by atoms with Gasteiger partial charge in [-0.15, -0.1) is 11.8 Å². The molecule has 12 nitrogen and oxygen atoms in total. The summed E-state index contributed by atoms with van der Waals surface area (Å²) in [4.78, 5) is 61.8. The molecule has 3 N–H and O–H groups in total. The zero-order valence-electron chi connectivity index (χ0n) is 34.1. The molecule has 0 radical (unpaired) electrons. The first kappa shape index (κ1) is 40.6. The maximum atomic E-state index is 13.9. The highest BCUT2D eigenvalue weighted by atomic mass is 32.2. The van der Waals surface area contributed by atoms with Crippen molar-refractivity contribution in [3.05, 3.63) is 144 Å². The lowest BCUT2D eigenvalue weighted by molar-refractivity contribution is -0.137. The van der Waals surface area contributed by atoms with E-state index in [-0.39, 0.29) is 41.9 Å². The van der Waals surface area contributed by atoms with E-state index in [1.165, 1.54) is 0 Å². The molecular formula is C47H50N8O4S. The number of aromatic amines is 2. The normalized spacial score (nSPS) is 18.2. The first-order valence-electron chi connectivity index (χ1n) is 20.4. The second kappa shape index (κ2) is 18.4. The van der Waals surface area contributed by atoms with Crippen molar-refractivity contribution in [1.29, 1.82) is 0 Å². The van der Waals surface area contributed by atoms with E-state index < -0.39 is 6.09 Å². The quantitative estimate of drug-likeness (QED) is 0.106. The van der Waals surface area contributed by atoms with Crippen LogP contribution in [-0.4, -0.2) is 91.4 Å². The molecule has 4 aromatic carbocycles. The molecule has 4 atom stereocenters. The van der Waals surface area contributed by atoms with Crippen LogP contribution in [0.25, 0.3) is 33.6 Å². The number of likely N-dealkylation sites (N-methyl/N-ethyl adjacent to an activating group) is 1. The van der Waals surface area contributed by atoms with Gasteiger partial charge in [-0.3, -0.25) is 19.4 Å². The average molecular weight is 823 g/mol. The number of aromatic nitrogens is 4. The molecule has 2 saturated heterocycles. The van der Waals surface area contributed by atoms with Crippen molar-refractivity contribution in [1.82, 2.24) is 40.0 Å². The fraction of sp³-hybridized carbons (Fsp3) is 0.298. The molecule has 0 saturated carbocycles. The Balaban J connectivity index is 0.927. The topological polar surface area (TPSA) is 140 Å². The smallest absolute Gasteiger partial charge is 0.411 e. The van der Waals surface area contributed by atoms with Gasteiger partial charge in [-0.25, -0.2) is 14.8 Å². The molecule has 308 valence electrons. The van der Waals surface area contributed by atoms with Crippen LogP contribution in [0.1, 0.15) is 66.6 Å². The number of hydrogen-bond acceptors (Lipinski definition) is 8. The summed E-state index contributed by atoms with van der Waals surface area (Å²) in [6.45, 7) is 0.867. The largest absolute Gasteiger partial charge is 0.445 e. The highest BCUT2D eigenvalue weighted by Crippen LogP contribution is 2.41. The van der Waals surface area contributed by atoms with E-state index >= 15 is 0 Å². The molecule has 60 heavy (non-hydrogen) atoms. The van der Waals surface area contributed by atoms with E-state index in [0.29, 0.717) is 31.0 Å². The van der Waals surface area contributed by atoms with E-state index in [1.54, 1.807) is 29.9 Å². The number of nitrogens with one attached hydrogen (secondary N) is 3. The molecule has 6 aromatic rings. The minimum Gasteiger partial charge on any atom is -0.445 e. The van der Waals surface area contributed by atoms with Crippen LogP contribution in [0.3, 0.4) is 0 Å². The Bertz CT molecular complexity index is 2380. The summed E-state index contributed by atoms with van der Waals surface area (Å²) in [5.41, 5.74) is 7.79. The first-order valence-corrected chi connectivity index (χ1v) is 21.5. The number of benzene rings is 4. The second-order valence-electron chi connectivity index (χ2n) is 15.4. The Morgan fingerprint density at radius 2 is 1.37 bits per heavy atom. The van der Waals surface area contributed by atoms with Gasteiger partial charge in [0, 0.05) is 25.8 Å². The van der Waals surface area contributed by atoms with Gasteiger partial charge in [0.05, 0.1) is 35.2 Å². The summed E-state index contributed by atoms with van der Waals surface area (Å²) in [6, 6.07) is 35.5. The lowest BCUT2D eigenvalue weighted by Gasteiger charge is -2.31. The summed E-state index contributed by atoms with van der Waals surface area (Å²) >= 11 is 1.63. The molecule has 2 aliphatic heterocycles.